The van der Waals surface area contributed by atoms with Gasteiger partial charge >= 0.3 is 5.97 Å². The van der Waals surface area contributed by atoms with Crippen LogP contribution < -0.4 is 10.6 Å². The van der Waals surface area contributed by atoms with Crippen LogP contribution in [0.5, 0.6) is 0 Å². The van der Waals surface area contributed by atoms with E-state index in [9.17, 15) is 9.59 Å². The first-order valence-corrected chi connectivity index (χ1v) is 6.27. The molecule has 0 saturated heterocycles. The minimum absolute atomic E-state index is 0.0146. The summed E-state index contributed by atoms with van der Waals surface area (Å²) >= 11 is 0. The number of carbonyl (C=O) groups is 2. The summed E-state index contributed by atoms with van der Waals surface area (Å²) in [4.78, 5) is 29.9. The lowest BCUT2D eigenvalue weighted by molar-refractivity contribution is 0.0690. The summed E-state index contributed by atoms with van der Waals surface area (Å²) in [5.74, 6) is -1.30. The maximum Gasteiger partial charge on any atom is 0.356 e. The number of hydrogen-bond acceptors (Lipinski definition) is 5. The van der Waals surface area contributed by atoms with Gasteiger partial charge in [-0.05, 0) is 12.1 Å². The number of pyridine rings is 1. The first-order valence-electron chi connectivity index (χ1n) is 6.27. The van der Waals surface area contributed by atoms with Gasteiger partial charge in [-0.15, -0.1) is 0 Å². The predicted octanol–water partition coefficient (Wildman–Crippen LogP) is 0.448. The molecular formula is C13H15N5O3. The van der Waals surface area contributed by atoms with Gasteiger partial charge in [0.05, 0.1) is 6.33 Å². The molecule has 8 nitrogen and oxygen atoms in total. The van der Waals surface area contributed by atoms with E-state index in [-0.39, 0.29) is 11.6 Å². The predicted molar refractivity (Wildman–Crippen MR) is 75.3 cm³/mol. The Bertz CT molecular complexity index is 653. The fourth-order valence-electron chi connectivity index (χ4n) is 1.71. The molecule has 0 saturated carbocycles. The normalized spacial score (nSPS) is 10.1. The Labute approximate surface area is 120 Å². The molecule has 8 heteroatoms. The van der Waals surface area contributed by atoms with Crippen molar-refractivity contribution in [3.63, 3.8) is 0 Å². The zero-order valence-electron chi connectivity index (χ0n) is 11.4. The Balaban J connectivity index is 1.91. The summed E-state index contributed by atoms with van der Waals surface area (Å²) in [6.07, 6.45) is 4.48. The van der Waals surface area contributed by atoms with Crippen LogP contribution in [0.15, 0.2) is 30.9 Å². The summed E-state index contributed by atoms with van der Waals surface area (Å²) < 4.78 is 1.68. The number of nitrogens with one attached hydrogen (secondary N) is 2. The molecule has 0 aromatic carbocycles. The number of hydrogen-bond donors (Lipinski definition) is 3. The molecular weight excluding hydrogens is 274 g/mol. The maximum atomic E-state index is 11.5. The van der Waals surface area contributed by atoms with E-state index in [0.717, 1.165) is 5.69 Å². The average Bonchev–Trinajstić information content (AvgIpc) is 2.96. The molecule has 2 rings (SSSR count). The molecule has 0 spiro atoms. The fraction of sp³-hybridized carbons (Fsp3) is 0.231. The quantitative estimate of drug-likeness (QED) is 0.712. The second-order valence-corrected chi connectivity index (χ2v) is 4.24. The topological polar surface area (TPSA) is 109 Å². The van der Waals surface area contributed by atoms with Crippen LogP contribution in [0.4, 0.5) is 5.69 Å². The minimum Gasteiger partial charge on any atom is -0.476 e. The van der Waals surface area contributed by atoms with Crippen molar-refractivity contribution in [1.29, 1.82) is 0 Å². The lowest BCUT2D eigenvalue weighted by Gasteiger charge is -2.07. The van der Waals surface area contributed by atoms with Crippen molar-refractivity contribution < 1.29 is 14.7 Å². The molecule has 0 atom stereocenters. The number of aromatic nitrogens is 3. The molecule has 0 unspecified atom stereocenters. The minimum atomic E-state index is -1.05. The van der Waals surface area contributed by atoms with E-state index >= 15 is 0 Å². The zero-order valence-corrected chi connectivity index (χ0v) is 11.4. The number of carboxylic acid groups (broad SMARTS) is 1. The number of imidazole rings is 1. The molecule has 21 heavy (non-hydrogen) atoms. The van der Waals surface area contributed by atoms with Crippen molar-refractivity contribution in [3.8, 4) is 0 Å². The summed E-state index contributed by atoms with van der Waals surface area (Å²) in [5, 5.41) is 14.4. The van der Waals surface area contributed by atoms with Gasteiger partial charge in [-0.25, -0.2) is 9.78 Å². The van der Waals surface area contributed by atoms with E-state index in [1.165, 1.54) is 12.5 Å². The molecule has 0 bridgehead atoms. The lowest BCUT2D eigenvalue weighted by Crippen LogP contribution is -2.19. The van der Waals surface area contributed by atoms with E-state index in [4.69, 9.17) is 5.11 Å². The molecule has 0 aliphatic rings. The Morgan fingerprint density at radius 3 is 2.81 bits per heavy atom. The highest BCUT2D eigenvalue weighted by Gasteiger charge is 2.07. The number of carboxylic acids is 1. The van der Waals surface area contributed by atoms with Crippen molar-refractivity contribution in [3.05, 3.63) is 42.2 Å². The number of nitrogens with zero attached hydrogens (tertiary/aromatic N) is 3. The van der Waals surface area contributed by atoms with Gasteiger partial charge in [-0.2, -0.15) is 0 Å². The molecule has 110 valence electrons. The highest BCUT2D eigenvalue weighted by Crippen LogP contribution is 2.07. The summed E-state index contributed by atoms with van der Waals surface area (Å²) in [6, 6.07) is 3.40. The van der Waals surface area contributed by atoms with Crippen LogP contribution in [0.1, 0.15) is 21.0 Å². The van der Waals surface area contributed by atoms with Crippen LogP contribution in [-0.4, -0.2) is 45.1 Å². The van der Waals surface area contributed by atoms with Gasteiger partial charge in [0.1, 0.15) is 5.69 Å². The Morgan fingerprint density at radius 2 is 2.14 bits per heavy atom. The molecule has 0 aliphatic carbocycles. The number of carbonyl (C=O) groups excluding carboxylic acids is 1. The second kappa shape index (κ2) is 6.51. The van der Waals surface area contributed by atoms with E-state index in [1.54, 1.807) is 29.9 Å². The molecule has 0 aliphatic heterocycles. The van der Waals surface area contributed by atoms with Crippen LogP contribution in [0.25, 0.3) is 0 Å². The summed E-state index contributed by atoms with van der Waals surface area (Å²) in [5.41, 5.74) is 1.11. The fourth-order valence-corrected chi connectivity index (χ4v) is 1.71. The van der Waals surface area contributed by atoms with Crippen molar-refractivity contribution in [2.24, 2.45) is 0 Å². The van der Waals surface area contributed by atoms with Crippen LogP contribution >= 0.6 is 0 Å². The van der Waals surface area contributed by atoms with Gasteiger partial charge in [0.2, 0.25) is 0 Å². The van der Waals surface area contributed by atoms with E-state index in [1.807, 2.05) is 0 Å². The lowest BCUT2D eigenvalue weighted by atomic mass is 10.3. The monoisotopic (exact) mass is 289 g/mol. The third-order valence-electron chi connectivity index (χ3n) is 2.77. The average molecular weight is 289 g/mol. The molecule has 3 N–H and O–H groups in total. The SMILES string of the molecule is CNC(=O)c1cc(NCCn2cnc(C(=O)O)c2)ccn1. The highest BCUT2D eigenvalue weighted by atomic mass is 16.4. The van der Waals surface area contributed by atoms with Crippen molar-refractivity contribution >= 4 is 17.6 Å². The van der Waals surface area contributed by atoms with E-state index in [2.05, 4.69) is 20.6 Å². The summed E-state index contributed by atoms with van der Waals surface area (Å²) in [7, 11) is 1.54. The Kier molecular flexibility index (Phi) is 4.50. The van der Waals surface area contributed by atoms with Gasteiger partial charge in [0.15, 0.2) is 5.69 Å². The first kappa shape index (κ1) is 14.5. The van der Waals surface area contributed by atoms with Gasteiger partial charge in [-0.3, -0.25) is 9.78 Å². The van der Waals surface area contributed by atoms with Gasteiger partial charge in [-0.1, -0.05) is 0 Å². The smallest absolute Gasteiger partial charge is 0.356 e. The van der Waals surface area contributed by atoms with Gasteiger partial charge < -0.3 is 20.3 Å². The van der Waals surface area contributed by atoms with Crippen LogP contribution in [0.3, 0.4) is 0 Å². The maximum absolute atomic E-state index is 11.5. The largest absolute Gasteiger partial charge is 0.476 e. The molecule has 1 amide bonds. The van der Waals surface area contributed by atoms with Crippen molar-refractivity contribution in [2.75, 3.05) is 18.9 Å². The number of aromatic carboxylic acids is 1. The third kappa shape index (κ3) is 3.78. The second-order valence-electron chi connectivity index (χ2n) is 4.24. The molecule has 2 heterocycles. The van der Waals surface area contributed by atoms with Crippen LogP contribution in [0, 0.1) is 0 Å². The van der Waals surface area contributed by atoms with Gasteiger partial charge in [0.25, 0.3) is 5.91 Å². The number of amides is 1. The Morgan fingerprint density at radius 1 is 1.33 bits per heavy atom. The molecule has 2 aromatic heterocycles. The highest BCUT2D eigenvalue weighted by molar-refractivity contribution is 5.92. The van der Waals surface area contributed by atoms with Crippen LogP contribution in [-0.2, 0) is 6.54 Å². The van der Waals surface area contributed by atoms with Crippen molar-refractivity contribution in [1.82, 2.24) is 19.9 Å². The number of anilines is 1. The molecule has 0 radical (unpaired) electrons. The van der Waals surface area contributed by atoms with Crippen LogP contribution in [0.2, 0.25) is 0 Å². The van der Waals surface area contributed by atoms with E-state index in [0.29, 0.717) is 18.8 Å². The summed E-state index contributed by atoms with van der Waals surface area (Å²) in [6.45, 7) is 1.12. The standard InChI is InChI=1S/C13H15N5O3/c1-14-12(19)10-6-9(2-3-16-10)15-4-5-18-7-11(13(20)21)17-8-18/h2-3,6-8H,4-5H2,1H3,(H,14,19)(H,15,16)(H,20,21). The Hall–Kier alpha value is -2.90. The van der Waals surface area contributed by atoms with Crippen molar-refractivity contribution in [2.45, 2.75) is 6.54 Å². The number of rotatable bonds is 6. The van der Waals surface area contributed by atoms with E-state index < -0.39 is 5.97 Å². The third-order valence-corrected chi connectivity index (χ3v) is 2.77. The molecule has 0 fully saturated rings. The zero-order chi connectivity index (χ0) is 15.2. The molecule has 2 aromatic rings. The van der Waals surface area contributed by atoms with Gasteiger partial charge in [0, 0.05) is 38.2 Å². The first-order chi connectivity index (χ1) is 10.1.